The number of fused-ring (bicyclic) bond motifs is 1. The molecule has 8 nitrogen and oxygen atoms in total. The van der Waals surface area contributed by atoms with E-state index in [2.05, 4.69) is 15.1 Å². The third-order valence-corrected chi connectivity index (χ3v) is 6.54. The lowest BCUT2D eigenvalue weighted by Gasteiger charge is -2.35. The van der Waals surface area contributed by atoms with Gasteiger partial charge in [0.2, 0.25) is 11.8 Å². The Kier molecular flexibility index (Phi) is 6.50. The summed E-state index contributed by atoms with van der Waals surface area (Å²) >= 11 is 0. The van der Waals surface area contributed by atoms with Gasteiger partial charge in [-0.25, -0.2) is 0 Å². The Morgan fingerprint density at radius 1 is 1.21 bits per heavy atom. The highest BCUT2D eigenvalue weighted by molar-refractivity contribution is 5.83. The number of aromatic nitrogens is 2. The van der Waals surface area contributed by atoms with E-state index in [1.54, 1.807) is 4.90 Å². The van der Waals surface area contributed by atoms with Gasteiger partial charge in [-0.1, -0.05) is 0 Å². The Morgan fingerprint density at radius 3 is 2.83 bits per heavy atom. The molecule has 1 atom stereocenters. The van der Waals surface area contributed by atoms with Crippen molar-refractivity contribution in [2.45, 2.75) is 45.1 Å². The molecule has 0 radical (unpaired) electrons. The molecule has 0 spiro atoms. The Morgan fingerprint density at radius 2 is 2.00 bits per heavy atom. The second kappa shape index (κ2) is 9.26. The number of amides is 2. The van der Waals surface area contributed by atoms with Crippen LogP contribution in [-0.4, -0.2) is 89.7 Å². The van der Waals surface area contributed by atoms with Crippen molar-refractivity contribution in [3.8, 4) is 0 Å². The summed E-state index contributed by atoms with van der Waals surface area (Å²) in [6.07, 6.45) is 5.62. The molecule has 3 aliphatic rings. The number of rotatable bonds is 6. The van der Waals surface area contributed by atoms with Crippen LogP contribution in [0, 0.1) is 5.92 Å². The zero-order chi connectivity index (χ0) is 20.2. The van der Waals surface area contributed by atoms with Crippen LogP contribution < -0.4 is 0 Å². The SMILES string of the molecule is CN(Cc1n[nH]c2c1CCCC2)C(=O)[C@@H]1CCC(=O)N(CCN2CCOCC2)C1. The number of carbonyl (C=O) groups excluding carboxylic acids is 2. The molecule has 1 aromatic heterocycles. The van der Waals surface area contributed by atoms with Crippen molar-refractivity contribution in [1.29, 1.82) is 0 Å². The Balaban J connectivity index is 1.31. The van der Waals surface area contributed by atoms with Crippen molar-refractivity contribution in [2.24, 2.45) is 5.92 Å². The van der Waals surface area contributed by atoms with Gasteiger partial charge in [0.25, 0.3) is 0 Å². The summed E-state index contributed by atoms with van der Waals surface area (Å²) in [4.78, 5) is 31.4. The first-order valence-corrected chi connectivity index (χ1v) is 11.0. The average molecular weight is 404 g/mol. The van der Waals surface area contributed by atoms with E-state index >= 15 is 0 Å². The number of morpholine rings is 1. The lowest BCUT2D eigenvalue weighted by Crippen LogP contribution is -2.49. The molecule has 1 N–H and O–H groups in total. The molecule has 2 fully saturated rings. The van der Waals surface area contributed by atoms with Crippen molar-refractivity contribution in [3.05, 3.63) is 17.0 Å². The number of aryl methyl sites for hydroxylation is 1. The molecule has 160 valence electrons. The molecule has 29 heavy (non-hydrogen) atoms. The van der Waals surface area contributed by atoms with Crippen LogP contribution in [0.1, 0.15) is 42.6 Å². The number of carbonyl (C=O) groups is 2. The van der Waals surface area contributed by atoms with Gasteiger partial charge < -0.3 is 14.5 Å². The first-order valence-electron chi connectivity index (χ1n) is 11.0. The van der Waals surface area contributed by atoms with Crippen molar-refractivity contribution < 1.29 is 14.3 Å². The van der Waals surface area contributed by atoms with Gasteiger partial charge in [-0.05, 0) is 37.7 Å². The van der Waals surface area contributed by atoms with Crippen LogP contribution in [0.5, 0.6) is 0 Å². The Hall–Kier alpha value is -1.93. The minimum atomic E-state index is -0.114. The van der Waals surface area contributed by atoms with Gasteiger partial charge in [0.15, 0.2) is 0 Å². The maximum atomic E-state index is 13.1. The topological polar surface area (TPSA) is 81.8 Å². The van der Waals surface area contributed by atoms with Crippen LogP contribution in [0.4, 0.5) is 0 Å². The number of nitrogens with zero attached hydrogens (tertiary/aromatic N) is 4. The summed E-state index contributed by atoms with van der Waals surface area (Å²) < 4.78 is 5.39. The lowest BCUT2D eigenvalue weighted by atomic mass is 9.94. The molecule has 0 bridgehead atoms. The van der Waals surface area contributed by atoms with E-state index < -0.39 is 0 Å². The van der Waals surface area contributed by atoms with E-state index in [1.807, 2.05) is 11.9 Å². The maximum absolute atomic E-state index is 13.1. The highest BCUT2D eigenvalue weighted by atomic mass is 16.5. The first-order chi connectivity index (χ1) is 14.1. The van der Waals surface area contributed by atoms with Gasteiger partial charge >= 0.3 is 0 Å². The highest BCUT2D eigenvalue weighted by Crippen LogP contribution is 2.24. The number of ether oxygens (including phenoxy) is 1. The van der Waals surface area contributed by atoms with Crippen molar-refractivity contribution in [1.82, 2.24) is 24.9 Å². The molecule has 0 unspecified atom stereocenters. The quantitative estimate of drug-likeness (QED) is 0.761. The molecule has 8 heteroatoms. The monoisotopic (exact) mass is 403 g/mol. The van der Waals surface area contributed by atoms with E-state index in [0.717, 1.165) is 51.4 Å². The molecule has 2 amide bonds. The zero-order valence-electron chi connectivity index (χ0n) is 17.5. The van der Waals surface area contributed by atoms with E-state index in [9.17, 15) is 9.59 Å². The van der Waals surface area contributed by atoms with Crippen molar-refractivity contribution >= 4 is 11.8 Å². The van der Waals surface area contributed by atoms with Crippen molar-refractivity contribution in [3.63, 3.8) is 0 Å². The van der Waals surface area contributed by atoms with Gasteiger partial charge in [-0.15, -0.1) is 0 Å². The second-order valence-corrected chi connectivity index (χ2v) is 8.56. The van der Waals surface area contributed by atoms with Gasteiger partial charge in [-0.2, -0.15) is 5.10 Å². The highest BCUT2D eigenvalue weighted by Gasteiger charge is 2.32. The molecule has 4 rings (SSSR count). The van der Waals surface area contributed by atoms with E-state index in [0.29, 0.717) is 32.5 Å². The van der Waals surface area contributed by atoms with Gasteiger partial charge in [-0.3, -0.25) is 19.6 Å². The number of aromatic amines is 1. The first kappa shape index (κ1) is 20.3. The number of nitrogens with one attached hydrogen (secondary N) is 1. The summed E-state index contributed by atoms with van der Waals surface area (Å²) in [5.41, 5.74) is 3.55. The third kappa shape index (κ3) is 4.80. The summed E-state index contributed by atoms with van der Waals surface area (Å²) in [5.74, 6) is 0.185. The normalized spacial score (nSPS) is 23.1. The summed E-state index contributed by atoms with van der Waals surface area (Å²) in [7, 11) is 1.86. The van der Waals surface area contributed by atoms with Crippen LogP contribution in [0.15, 0.2) is 0 Å². The fraction of sp³-hybridized carbons (Fsp3) is 0.762. The second-order valence-electron chi connectivity index (χ2n) is 8.56. The van der Waals surface area contributed by atoms with Crippen LogP contribution >= 0.6 is 0 Å². The lowest BCUT2D eigenvalue weighted by molar-refractivity contribution is -0.142. The molecule has 3 heterocycles. The van der Waals surface area contributed by atoms with Gasteiger partial charge in [0.1, 0.15) is 0 Å². The largest absolute Gasteiger partial charge is 0.379 e. The predicted molar refractivity (Wildman–Crippen MR) is 108 cm³/mol. The standard InChI is InChI=1S/C21H33N5O3/c1-24(15-19-17-4-2-3-5-18(17)22-23-19)21(28)16-6-7-20(27)26(14-16)9-8-25-10-12-29-13-11-25/h16H,2-15H2,1H3,(H,22,23)/t16-/m1/s1. The molecule has 1 aromatic rings. The molecule has 0 aromatic carbocycles. The smallest absolute Gasteiger partial charge is 0.227 e. The van der Waals surface area contributed by atoms with E-state index in [1.165, 1.54) is 24.1 Å². The minimum Gasteiger partial charge on any atom is -0.379 e. The molecule has 2 saturated heterocycles. The minimum absolute atomic E-state index is 0.114. The van der Waals surface area contributed by atoms with Crippen LogP contribution in [-0.2, 0) is 33.7 Å². The van der Waals surface area contributed by atoms with Crippen molar-refractivity contribution in [2.75, 3.05) is 53.0 Å². The number of likely N-dealkylation sites (tertiary alicyclic amines) is 1. The fourth-order valence-corrected chi connectivity index (χ4v) is 4.71. The molecule has 0 saturated carbocycles. The number of piperidine rings is 1. The zero-order valence-corrected chi connectivity index (χ0v) is 17.5. The number of hydrogen-bond donors (Lipinski definition) is 1. The van der Waals surface area contributed by atoms with Crippen LogP contribution in [0.2, 0.25) is 0 Å². The number of H-pyrrole nitrogens is 1. The fourth-order valence-electron chi connectivity index (χ4n) is 4.71. The summed E-state index contributed by atoms with van der Waals surface area (Å²) in [6, 6.07) is 0. The Labute approximate surface area is 172 Å². The molecule has 2 aliphatic heterocycles. The van der Waals surface area contributed by atoms with E-state index in [4.69, 9.17) is 4.74 Å². The van der Waals surface area contributed by atoms with Crippen LogP contribution in [0.25, 0.3) is 0 Å². The summed E-state index contributed by atoms with van der Waals surface area (Å²) in [6.45, 7) is 5.98. The third-order valence-electron chi connectivity index (χ3n) is 6.54. The Bertz CT molecular complexity index is 728. The molecular weight excluding hydrogens is 370 g/mol. The maximum Gasteiger partial charge on any atom is 0.227 e. The van der Waals surface area contributed by atoms with Crippen LogP contribution in [0.3, 0.4) is 0 Å². The molecule has 1 aliphatic carbocycles. The van der Waals surface area contributed by atoms with Gasteiger partial charge in [0, 0.05) is 51.9 Å². The van der Waals surface area contributed by atoms with Gasteiger partial charge in [0.05, 0.1) is 31.4 Å². The molecular formula is C21H33N5O3. The predicted octanol–water partition coefficient (Wildman–Crippen LogP) is 0.818. The average Bonchev–Trinajstić information content (AvgIpc) is 3.16. The summed E-state index contributed by atoms with van der Waals surface area (Å²) in [5, 5.41) is 7.63. The van der Waals surface area contributed by atoms with E-state index in [-0.39, 0.29) is 17.7 Å². The number of hydrogen-bond acceptors (Lipinski definition) is 5.